The molecule has 0 heterocycles. The number of nitrogens with one attached hydrogen (secondary N) is 3. The van der Waals surface area contributed by atoms with Gasteiger partial charge in [0.05, 0.1) is 0 Å². The quantitative estimate of drug-likeness (QED) is 0.0121. The third kappa shape index (κ3) is 18.9. The summed E-state index contributed by atoms with van der Waals surface area (Å²) in [5.74, 6) is -6.32. The van der Waals surface area contributed by atoms with Crippen LogP contribution in [0.25, 0.3) is 0 Å². The van der Waals surface area contributed by atoms with Crippen molar-refractivity contribution in [3.8, 4) is 0 Å². The maximum Gasteiger partial charge on any atom is 0.490 e. The van der Waals surface area contributed by atoms with Crippen LogP contribution in [0.1, 0.15) is 97.1 Å². The molecule has 0 aromatic heterocycles. The molecule has 0 aliphatic rings. The van der Waals surface area contributed by atoms with Crippen molar-refractivity contribution in [2.75, 3.05) is 35.6 Å². The van der Waals surface area contributed by atoms with E-state index in [1.54, 1.807) is 36.4 Å². The highest BCUT2D eigenvalue weighted by Gasteiger charge is 2.43. The third-order valence-electron chi connectivity index (χ3n) is 14.2. The summed E-state index contributed by atoms with van der Waals surface area (Å²) in [6.07, 6.45) is -1.55. The zero-order valence-electron chi connectivity index (χ0n) is 46.2. The SMILES string of the molecule is NCCCC[C@](N)(C(=O)Cc1ccccc1)C(=O)Nc1ccc(C(c2ccc(NC(=O)[C@](N)(CCCCN)C(=O)Cc3ccccc3)cc2)c2ccc(NC(=O)[C@](N)(CCCCN)C(=O)Cc3ccccc3)cc2)cc1.O=C(O)C(F)(F)F. The fourth-order valence-electron chi connectivity index (χ4n) is 9.18. The lowest BCUT2D eigenvalue weighted by Gasteiger charge is -2.28. The van der Waals surface area contributed by atoms with Gasteiger partial charge in [-0.25, -0.2) is 4.79 Å². The molecule has 0 radical (unpaired) electrons. The first-order valence-electron chi connectivity index (χ1n) is 27.3. The Hall–Kier alpha value is -8.24. The highest BCUT2D eigenvalue weighted by molar-refractivity contribution is 6.17. The van der Waals surface area contributed by atoms with Crippen molar-refractivity contribution in [3.05, 3.63) is 197 Å². The summed E-state index contributed by atoms with van der Waals surface area (Å²) in [5.41, 5.74) is 37.9. The van der Waals surface area contributed by atoms with Gasteiger partial charge < -0.3 is 55.5 Å². The van der Waals surface area contributed by atoms with Crippen LogP contribution in [0.3, 0.4) is 0 Å². The van der Waals surface area contributed by atoms with E-state index in [1.807, 2.05) is 127 Å². The molecular formula is C63H74F3N9O8. The van der Waals surface area contributed by atoms with Crippen LogP contribution in [0.5, 0.6) is 0 Å². The predicted molar refractivity (Wildman–Crippen MR) is 315 cm³/mol. The molecule has 0 saturated heterocycles. The van der Waals surface area contributed by atoms with Gasteiger partial charge in [-0.1, -0.05) is 127 Å². The monoisotopic (exact) mass is 1140 g/mol. The molecule has 0 saturated carbocycles. The molecule has 6 aromatic rings. The number of alkyl halides is 3. The first-order valence-corrected chi connectivity index (χ1v) is 27.3. The fourth-order valence-corrected chi connectivity index (χ4v) is 9.18. The van der Waals surface area contributed by atoms with Gasteiger partial charge >= 0.3 is 12.1 Å². The van der Waals surface area contributed by atoms with Crippen molar-refractivity contribution >= 4 is 58.1 Å². The number of hydrogen-bond donors (Lipinski definition) is 10. The van der Waals surface area contributed by atoms with Gasteiger partial charge in [-0.05, 0) is 147 Å². The van der Waals surface area contributed by atoms with E-state index in [-0.39, 0.29) is 38.5 Å². The van der Waals surface area contributed by atoms with Gasteiger partial charge in [0.1, 0.15) is 0 Å². The van der Waals surface area contributed by atoms with Crippen LogP contribution >= 0.6 is 0 Å². The normalized spacial score (nSPS) is 13.4. The lowest BCUT2D eigenvalue weighted by molar-refractivity contribution is -0.192. The average Bonchev–Trinajstić information content (AvgIpc) is 3.67. The molecule has 3 amide bonds. The molecule has 17 nitrogen and oxygen atoms in total. The topological polar surface area (TPSA) is 332 Å². The largest absolute Gasteiger partial charge is 0.490 e. The lowest BCUT2D eigenvalue weighted by Crippen LogP contribution is -2.58. The van der Waals surface area contributed by atoms with Crippen molar-refractivity contribution in [2.45, 2.75) is 106 Å². The van der Waals surface area contributed by atoms with Crippen LogP contribution in [-0.2, 0) is 52.8 Å². The molecular weight excluding hydrogens is 1070 g/mol. The predicted octanol–water partition coefficient (Wildman–Crippen LogP) is 7.23. The zero-order chi connectivity index (χ0) is 60.6. The average molecular weight is 1140 g/mol. The van der Waals surface area contributed by atoms with Crippen molar-refractivity contribution in [3.63, 3.8) is 0 Å². The number of amides is 3. The number of halogens is 3. The van der Waals surface area contributed by atoms with Crippen molar-refractivity contribution in [1.29, 1.82) is 0 Å². The molecule has 16 N–H and O–H groups in total. The summed E-state index contributed by atoms with van der Waals surface area (Å²) in [6.45, 7) is 1.17. The van der Waals surface area contributed by atoms with E-state index >= 15 is 0 Å². The fraction of sp³-hybridized carbons (Fsp3) is 0.317. The molecule has 83 heavy (non-hydrogen) atoms. The first-order chi connectivity index (χ1) is 39.6. The Balaban J connectivity index is 0.00000169. The number of carbonyl (C=O) groups is 7. The van der Waals surface area contributed by atoms with E-state index < -0.39 is 69.8 Å². The lowest BCUT2D eigenvalue weighted by atomic mass is 9.84. The third-order valence-corrected chi connectivity index (χ3v) is 14.2. The standard InChI is InChI=1S/C61H73N9O6.C2HF3O2/c62-37-13-10-34-59(65,52(71)40-43-16-4-1-5-17-43)56(74)68-49-28-22-46(23-29-49)55(47-24-30-50(31-25-47)69-57(75)60(66,35-11-14-38-63)53(72)41-44-18-6-2-7-19-44)48-26-32-51(33-27-48)70-58(76)61(67,36-12-15-39-64)54(73)42-45-20-8-3-9-21-45;3-2(4,5)1(6)7/h1-9,16-33,55H,10-15,34-42,62-67H2,(H,68,74)(H,69,75)(H,70,76);(H,6,7)/t59-,60-,61-;/m0./s1. The number of rotatable bonds is 30. The molecule has 0 fully saturated rings. The second-order valence-electron chi connectivity index (χ2n) is 20.4. The molecule has 440 valence electrons. The molecule has 0 bridgehead atoms. The molecule has 6 rings (SSSR count). The summed E-state index contributed by atoms with van der Waals surface area (Å²) < 4.78 is 31.7. The number of anilines is 3. The van der Waals surface area contributed by atoms with E-state index in [9.17, 15) is 41.9 Å². The molecule has 0 unspecified atom stereocenters. The van der Waals surface area contributed by atoms with Gasteiger partial charge in [0.15, 0.2) is 34.0 Å². The number of hydrogen-bond acceptors (Lipinski definition) is 13. The van der Waals surface area contributed by atoms with E-state index in [0.29, 0.717) is 75.2 Å². The van der Waals surface area contributed by atoms with Gasteiger partial charge in [0, 0.05) is 42.2 Å². The maximum atomic E-state index is 14.0. The second kappa shape index (κ2) is 31.3. The Bertz CT molecular complexity index is 2770. The summed E-state index contributed by atoms with van der Waals surface area (Å²) in [7, 11) is 0. The van der Waals surface area contributed by atoms with E-state index in [0.717, 1.165) is 33.4 Å². The Morgan fingerprint density at radius 2 is 0.614 bits per heavy atom. The molecule has 20 heteroatoms. The number of unbranched alkanes of at least 4 members (excludes halogenated alkanes) is 3. The summed E-state index contributed by atoms with van der Waals surface area (Å²) in [4.78, 5) is 92.3. The van der Waals surface area contributed by atoms with Crippen LogP contribution < -0.4 is 50.4 Å². The molecule has 6 aromatic carbocycles. The zero-order valence-corrected chi connectivity index (χ0v) is 46.2. The summed E-state index contributed by atoms with van der Waals surface area (Å²) in [5, 5.41) is 15.8. The molecule has 3 atom stereocenters. The van der Waals surface area contributed by atoms with E-state index in [2.05, 4.69) is 16.0 Å². The van der Waals surface area contributed by atoms with Crippen LogP contribution in [-0.4, -0.2) is 88.6 Å². The maximum absolute atomic E-state index is 14.0. The Morgan fingerprint density at radius 1 is 0.386 bits per heavy atom. The van der Waals surface area contributed by atoms with Crippen LogP contribution in [0.4, 0.5) is 30.2 Å². The number of Topliss-reactive ketones (excluding diaryl/α,β-unsaturated/α-hetero) is 3. The summed E-state index contributed by atoms with van der Waals surface area (Å²) >= 11 is 0. The summed E-state index contributed by atoms with van der Waals surface area (Å²) in [6, 6.07) is 49.0. The van der Waals surface area contributed by atoms with Gasteiger partial charge in [0.25, 0.3) is 17.7 Å². The Morgan fingerprint density at radius 3 is 0.819 bits per heavy atom. The number of carbonyl (C=O) groups excluding carboxylic acids is 6. The number of carboxylic acids is 1. The Kier molecular flexibility index (Phi) is 24.7. The van der Waals surface area contributed by atoms with E-state index in [1.165, 1.54) is 0 Å². The van der Waals surface area contributed by atoms with E-state index in [4.69, 9.17) is 44.3 Å². The van der Waals surface area contributed by atoms with Crippen LogP contribution in [0.2, 0.25) is 0 Å². The highest BCUT2D eigenvalue weighted by Crippen LogP contribution is 2.35. The minimum atomic E-state index is -5.08. The number of aliphatic carboxylic acids is 1. The van der Waals surface area contributed by atoms with Crippen molar-refractivity contribution in [2.24, 2.45) is 34.4 Å². The van der Waals surface area contributed by atoms with Crippen molar-refractivity contribution < 1.29 is 51.8 Å². The number of carboxylic acid groups (broad SMARTS) is 1. The number of nitrogens with two attached hydrogens (primary N) is 6. The van der Waals surface area contributed by atoms with Gasteiger partial charge in [-0.3, -0.25) is 28.8 Å². The van der Waals surface area contributed by atoms with Crippen LogP contribution in [0, 0.1) is 0 Å². The van der Waals surface area contributed by atoms with Gasteiger partial charge in [0.2, 0.25) is 0 Å². The molecule has 0 aliphatic carbocycles. The Labute approximate surface area is 481 Å². The minimum absolute atomic E-state index is 0.0124. The van der Waals surface area contributed by atoms with Crippen LogP contribution in [0.15, 0.2) is 164 Å². The second-order valence-corrected chi connectivity index (χ2v) is 20.4. The number of ketones is 3. The van der Waals surface area contributed by atoms with Crippen molar-refractivity contribution in [1.82, 2.24) is 0 Å². The number of benzene rings is 6. The molecule has 0 spiro atoms. The first kappa shape index (κ1) is 65.6. The highest BCUT2D eigenvalue weighted by atomic mass is 19.4. The minimum Gasteiger partial charge on any atom is -0.475 e. The van der Waals surface area contributed by atoms with Gasteiger partial charge in [-0.2, -0.15) is 13.2 Å². The molecule has 0 aliphatic heterocycles. The smallest absolute Gasteiger partial charge is 0.475 e. The van der Waals surface area contributed by atoms with Gasteiger partial charge in [-0.15, -0.1) is 0 Å².